The van der Waals surface area contributed by atoms with Crippen LogP contribution in [-0.4, -0.2) is 28.7 Å². The van der Waals surface area contributed by atoms with Gasteiger partial charge in [-0.1, -0.05) is 108 Å². The molecule has 0 radical (unpaired) electrons. The van der Waals surface area contributed by atoms with E-state index in [-0.39, 0.29) is 24.9 Å². The fourth-order valence-electron chi connectivity index (χ4n) is 5.03. The SMILES string of the molecule is CCCCCCCCCCCCCCCCCC(=O)OCc1nnc(C(=O)OCC)c2c(C)cc(C)cc12. The van der Waals surface area contributed by atoms with Crippen molar-refractivity contribution in [1.29, 1.82) is 0 Å². The lowest BCUT2D eigenvalue weighted by molar-refractivity contribution is -0.145. The molecule has 0 unspecified atom stereocenters. The molecule has 0 aliphatic carbocycles. The summed E-state index contributed by atoms with van der Waals surface area (Å²) >= 11 is 0. The van der Waals surface area contributed by atoms with Gasteiger partial charge in [0.15, 0.2) is 5.69 Å². The summed E-state index contributed by atoms with van der Waals surface area (Å²) < 4.78 is 10.7. The smallest absolute Gasteiger partial charge is 0.359 e. The maximum absolute atomic E-state index is 12.4. The molecule has 1 aromatic carbocycles. The standard InChI is InChI=1S/C32H50N2O4/c1-5-7-8-9-10-11-12-13-14-15-16-17-18-19-20-21-29(35)38-24-28-27-23-25(3)22-26(4)30(27)31(34-33-28)32(36)37-6-2/h22-23H,5-21,24H2,1-4H3. The van der Waals surface area contributed by atoms with Gasteiger partial charge in [-0.25, -0.2) is 4.79 Å². The zero-order valence-corrected chi connectivity index (χ0v) is 24.4. The number of unbranched alkanes of at least 4 members (excludes halogenated alkanes) is 14. The summed E-state index contributed by atoms with van der Waals surface area (Å²) in [5.41, 5.74) is 2.73. The third-order valence-electron chi connectivity index (χ3n) is 7.12. The van der Waals surface area contributed by atoms with Crippen LogP contribution < -0.4 is 0 Å². The highest BCUT2D eigenvalue weighted by Gasteiger charge is 2.19. The van der Waals surface area contributed by atoms with Crippen LogP contribution in [0.5, 0.6) is 0 Å². The van der Waals surface area contributed by atoms with E-state index in [4.69, 9.17) is 9.47 Å². The molecule has 2 aromatic rings. The lowest BCUT2D eigenvalue weighted by Gasteiger charge is -2.12. The van der Waals surface area contributed by atoms with Crippen molar-refractivity contribution in [1.82, 2.24) is 10.2 Å². The predicted molar refractivity (Wildman–Crippen MR) is 154 cm³/mol. The first-order valence-electron chi connectivity index (χ1n) is 15.1. The Hall–Kier alpha value is -2.50. The second-order valence-electron chi connectivity index (χ2n) is 10.6. The number of hydrogen-bond donors (Lipinski definition) is 0. The monoisotopic (exact) mass is 526 g/mol. The summed E-state index contributed by atoms with van der Waals surface area (Å²) in [6.45, 7) is 8.27. The number of ether oxygens (including phenoxy) is 2. The fourth-order valence-corrected chi connectivity index (χ4v) is 5.03. The molecule has 0 atom stereocenters. The quantitative estimate of drug-likeness (QED) is 0.127. The number of nitrogens with zero attached hydrogens (tertiary/aromatic N) is 2. The minimum atomic E-state index is -0.492. The topological polar surface area (TPSA) is 78.4 Å². The Kier molecular flexibility index (Phi) is 15.6. The first kappa shape index (κ1) is 31.7. The van der Waals surface area contributed by atoms with Gasteiger partial charge in [0.05, 0.1) is 6.61 Å². The summed E-state index contributed by atoms with van der Waals surface area (Å²) in [5, 5.41) is 9.82. The Labute approximate surface area is 230 Å². The van der Waals surface area contributed by atoms with Gasteiger partial charge in [-0.05, 0) is 38.8 Å². The van der Waals surface area contributed by atoms with E-state index < -0.39 is 5.97 Å². The Morgan fingerprint density at radius 1 is 0.711 bits per heavy atom. The molecule has 0 spiro atoms. The minimum Gasteiger partial charge on any atom is -0.461 e. The van der Waals surface area contributed by atoms with Crippen LogP contribution in [0.1, 0.15) is 144 Å². The molecule has 0 fully saturated rings. The van der Waals surface area contributed by atoms with Crippen molar-refractivity contribution in [2.45, 2.75) is 137 Å². The molecular formula is C32H50N2O4. The molecular weight excluding hydrogens is 476 g/mol. The van der Waals surface area contributed by atoms with E-state index >= 15 is 0 Å². The molecule has 0 aliphatic rings. The van der Waals surface area contributed by atoms with Crippen LogP contribution in [0, 0.1) is 13.8 Å². The van der Waals surface area contributed by atoms with Crippen LogP contribution >= 0.6 is 0 Å². The molecule has 38 heavy (non-hydrogen) atoms. The second kappa shape index (κ2) is 18.7. The van der Waals surface area contributed by atoms with Gasteiger partial charge in [0, 0.05) is 17.2 Å². The van der Waals surface area contributed by atoms with Crippen molar-refractivity contribution < 1.29 is 19.1 Å². The summed E-state index contributed by atoms with van der Waals surface area (Å²) in [4.78, 5) is 24.7. The van der Waals surface area contributed by atoms with Crippen molar-refractivity contribution >= 4 is 22.7 Å². The van der Waals surface area contributed by atoms with Gasteiger partial charge in [0.1, 0.15) is 12.3 Å². The molecule has 0 amide bonds. The minimum absolute atomic E-state index is 0.0487. The van der Waals surface area contributed by atoms with Crippen LogP contribution in [0.25, 0.3) is 10.8 Å². The highest BCUT2D eigenvalue weighted by atomic mass is 16.5. The highest BCUT2D eigenvalue weighted by Crippen LogP contribution is 2.26. The number of esters is 2. The lowest BCUT2D eigenvalue weighted by atomic mass is 10.0. The van der Waals surface area contributed by atoms with E-state index in [1.54, 1.807) is 6.92 Å². The summed E-state index contributed by atoms with van der Waals surface area (Å²) in [6.07, 6.45) is 19.9. The number of carbonyl (C=O) groups excluding carboxylic acids is 2. The zero-order chi connectivity index (χ0) is 27.6. The lowest BCUT2D eigenvalue weighted by Crippen LogP contribution is -2.13. The van der Waals surface area contributed by atoms with Crippen LogP contribution in [0.2, 0.25) is 0 Å². The van der Waals surface area contributed by atoms with Gasteiger partial charge in [-0.3, -0.25) is 4.79 Å². The molecule has 6 nitrogen and oxygen atoms in total. The number of hydrogen-bond acceptors (Lipinski definition) is 6. The summed E-state index contributed by atoms with van der Waals surface area (Å²) in [6, 6.07) is 3.95. The van der Waals surface area contributed by atoms with Crippen molar-refractivity contribution in [2.75, 3.05) is 6.61 Å². The van der Waals surface area contributed by atoms with E-state index in [0.29, 0.717) is 17.5 Å². The van der Waals surface area contributed by atoms with Crippen LogP contribution in [-0.2, 0) is 20.9 Å². The molecule has 0 saturated heterocycles. The highest BCUT2D eigenvalue weighted by molar-refractivity contribution is 6.04. The maximum atomic E-state index is 12.4. The molecule has 0 bridgehead atoms. The third-order valence-corrected chi connectivity index (χ3v) is 7.12. The summed E-state index contributed by atoms with van der Waals surface area (Å²) in [5.74, 6) is -0.706. The van der Waals surface area contributed by atoms with E-state index in [1.807, 2.05) is 26.0 Å². The summed E-state index contributed by atoms with van der Waals surface area (Å²) in [7, 11) is 0. The normalized spacial score (nSPS) is 11.2. The van der Waals surface area contributed by atoms with Crippen LogP contribution in [0.15, 0.2) is 12.1 Å². The molecule has 0 N–H and O–H groups in total. The van der Waals surface area contributed by atoms with E-state index in [9.17, 15) is 9.59 Å². The Morgan fingerprint density at radius 3 is 1.82 bits per heavy atom. The molecule has 1 aromatic heterocycles. The van der Waals surface area contributed by atoms with Crippen LogP contribution in [0.4, 0.5) is 0 Å². The number of fused-ring (bicyclic) bond motifs is 1. The Balaban J connectivity index is 1.63. The van der Waals surface area contributed by atoms with Gasteiger partial charge in [0.2, 0.25) is 0 Å². The Morgan fingerprint density at radius 2 is 1.26 bits per heavy atom. The Bertz CT molecular complexity index is 989. The number of rotatable bonds is 20. The number of benzene rings is 1. The molecule has 212 valence electrons. The van der Waals surface area contributed by atoms with Gasteiger partial charge in [-0.2, -0.15) is 5.10 Å². The average molecular weight is 527 g/mol. The maximum Gasteiger partial charge on any atom is 0.359 e. The molecule has 1 heterocycles. The molecule has 0 saturated carbocycles. The van der Waals surface area contributed by atoms with Crippen molar-refractivity contribution in [3.8, 4) is 0 Å². The number of aromatic nitrogens is 2. The van der Waals surface area contributed by atoms with Crippen molar-refractivity contribution in [3.05, 3.63) is 34.6 Å². The fraction of sp³-hybridized carbons (Fsp3) is 0.688. The van der Waals surface area contributed by atoms with E-state index in [0.717, 1.165) is 29.4 Å². The number of carbonyl (C=O) groups is 2. The van der Waals surface area contributed by atoms with Gasteiger partial charge in [-0.15, -0.1) is 5.10 Å². The molecule has 0 aliphatic heterocycles. The van der Waals surface area contributed by atoms with Crippen molar-refractivity contribution in [3.63, 3.8) is 0 Å². The zero-order valence-electron chi connectivity index (χ0n) is 24.4. The van der Waals surface area contributed by atoms with E-state index in [1.165, 1.54) is 83.5 Å². The molecule has 6 heteroatoms. The third kappa shape index (κ3) is 11.5. The first-order valence-corrected chi connectivity index (χ1v) is 15.1. The van der Waals surface area contributed by atoms with E-state index in [2.05, 4.69) is 17.1 Å². The predicted octanol–water partition coefficient (Wildman–Crippen LogP) is 8.73. The van der Waals surface area contributed by atoms with Gasteiger partial charge in [0.25, 0.3) is 0 Å². The second-order valence-corrected chi connectivity index (χ2v) is 10.6. The average Bonchev–Trinajstić information content (AvgIpc) is 2.89. The van der Waals surface area contributed by atoms with Gasteiger partial charge < -0.3 is 9.47 Å². The number of aryl methyl sites for hydroxylation is 2. The first-order chi connectivity index (χ1) is 18.5. The molecule has 2 rings (SSSR count). The largest absolute Gasteiger partial charge is 0.461 e. The van der Waals surface area contributed by atoms with Gasteiger partial charge >= 0.3 is 11.9 Å². The van der Waals surface area contributed by atoms with Crippen molar-refractivity contribution in [2.24, 2.45) is 0 Å². The van der Waals surface area contributed by atoms with Crippen LogP contribution in [0.3, 0.4) is 0 Å².